The highest BCUT2D eigenvalue weighted by Gasteiger charge is 2.28. The van der Waals surface area contributed by atoms with Crippen LogP contribution in [-0.2, 0) is 0 Å². The van der Waals surface area contributed by atoms with Crippen LogP contribution < -0.4 is 4.74 Å². The first-order chi connectivity index (χ1) is 9.54. The number of aliphatic hydroxyl groups excluding tert-OH is 1. The van der Waals surface area contributed by atoms with Gasteiger partial charge in [0, 0.05) is 17.0 Å². The second-order valence-corrected chi connectivity index (χ2v) is 6.00. The predicted molar refractivity (Wildman–Crippen MR) is 78.5 cm³/mol. The molecular weight excluding hydrogens is 347 g/mol. The topological polar surface area (TPSA) is 29.5 Å². The van der Waals surface area contributed by atoms with Crippen LogP contribution in [0.4, 0.5) is 4.39 Å². The Morgan fingerprint density at radius 2 is 2.05 bits per heavy atom. The highest BCUT2D eigenvalue weighted by Crippen LogP contribution is 2.42. The number of ether oxygens (including phenoxy) is 1. The molecule has 2 nitrogen and oxygen atoms in total. The summed E-state index contributed by atoms with van der Waals surface area (Å²) in [5, 5.41) is 10.8. The zero-order valence-electron chi connectivity index (χ0n) is 10.3. The highest BCUT2D eigenvalue weighted by molar-refractivity contribution is 9.10. The minimum Gasteiger partial charge on any atom is -0.485 e. The zero-order valence-corrected chi connectivity index (χ0v) is 12.7. The molecule has 104 valence electrons. The Morgan fingerprint density at radius 1 is 1.25 bits per heavy atom. The van der Waals surface area contributed by atoms with Crippen LogP contribution >= 0.6 is 27.5 Å². The molecule has 0 spiro atoms. The molecule has 3 rings (SSSR count). The normalized spacial score (nSPS) is 21.2. The van der Waals surface area contributed by atoms with Gasteiger partial charge in [-0.15, -0.1) is 0 Å². The fourth-order valence-corrected chi connectivity index (χ4v) is 2.76. The molecule has 0 radical (unpaired) electrons. The van der Waals surface area contributed by atoms with Gasteiger partial charge in [-0.05, 0) is 51.8 Å². The lowest BCUT2D eigenvalue weighted by Crippen LogP contribution is -2.19. The van der Waals surface area contributed by atoms with E-state index in [4.69, 9.17) is 16.3 Å². The van der Waals surface area contributed by atoms with Crippen molar-refractivity contribution in [1.29, 1.82) is 0 Å². The average molecular weight is 358 g/mol. The number of rotatable bonds is 1. The highest BCUT2D eigenvalue weighted by atomic mass is 79.9. The molecule has 1 aliphatic rings. The van der Waals surface area contributed by atoms with Crippen molar-refractivity contribution < 1.29 is 14.2 Å². The van der Waals surface area contributed by atoms with E-state index in [1.807, 2.05) is 0 Å². The first-order valence-corrected chi connectivity index (χ1v) is 7.31. The van der Waals surface area contributed by atoms with E-state index >= 15 is 0 Å². The van der Waals surface area contributed by atoms with Crippen molar-refractivity contribution in [2.75, 3.05) is 0 Å². The van der Waals surface area contributed by atoms with Crippen LogP contribution in [0, 0.1) is 5.82 Å². The Bertz CT molecular complexity index is 662. The van der Waals surface area contributed by atoms with Gasteiger partial charge in [0.05, 0.1) is 10.6 Å². The molecule has 20 heavy (non-hydrogen) atoms. The van der Waals surface area contributed by atoms with E-state index in [2.05, 4.69) is 15.9 Å². The Balaban J connectivity index is 1.94. The molecule has 0 amide bonds. The first-order valence-electron chi connectivity index (χ1n) is 6.13. The van der Waals surface area contributed by atoms with Crippen LogP contribution in [0.15, 0.2) is 40.9 Å². The Labute approximate surface area is 129 Å². The van der Waals surface area contributed by atoms with Crippen molar-refractivity contribution in [3.05, 3.63) is 62.8 Å². The van der Waals surface area contributed by atoms with Crippen molar-refractivity contribution in [2.24, 2.45) is 0 Å². The van der Waals surface area contributed by atoms with Crippen LogP contribution in [0.1, 0.15) is 29.8 Å². The molecule has 0 saturated carbocycles. The average Bonchev–Trinajstić information content (AvgIpc) is 2.42. The van der Waals surface area contributed by atoms with Gasteiger partial charge in [0.1, 0.15) is 17.7 Å². The van der Waals surface area contributed by atoms with Crippen LogP contribution in [0.25, 0.3) is 0 Å². The van der Waals surface area contributed by atoms with Gasteiger partial charge in [-0.25, -0.2) is 4.39 Å². The van der Waals surface area contributed by atoms with E-state index in [-0.39, 0.29) is 11.9 Å². The third-order valence-electron chi connectivity index (χ3n) is 3.35. The van der Waals surface area contributed by atoms with Crippen molar-refractivity contribution in [2.45, 2.75) is 18.6 Å². The molecule has 0 bridgehead atoms. The summed E-state index contributed by atoms with van der Waals surface area (Å²) in [6.45, 7) is 0. The molecular formula is C15H11BrClFO2. The molecule has 2 atom stereocenters. The largest absolute Gasteiger partial charge is 0.485 e. The quantitative estimate of drug-likeness (QED) is 0.794. The zero-order chi connectivity index (χ0) is 14.3. The number of halogens is 3. The first kappa shape index (κ1) is 13.9. The number of aliphatic hydroxyl groups is 1. The smallest absolute Gasteiger partial charge is 0.137 e. The van der Waals surface area contributed by atoms with Gasteiger partial charge < -0.3 is 9.84 Å². The lowest BCUT2D eigenvalue weighted by atomic mass is 9.95. The molecule has 2 aromatic rings. The molecule has 2 aromatic carbocycles. The predicted octanol–water partition coefficient (Wildman–Crippen LogP) is 4.80. The van der Waals surface area contributed by atoms with Gasteiger partial charge in [-0.1, -0.05) is 17.7 Å². The second-order valence-electron chi connectivity index (χ2n) is 4.71. The Hall–Kier alpha value is -1.10. The Morgan fingerprint density at radius 3 is 2.80 bits per heavy atom. The van der Waals surface area contributed by atoms with Crippen molar-refractivity contribution in [1.82, 2.24) is 0 Å². The minimum atomic E-state index is -0.672. The summed E-state index contributed by atoms with van der Waals surface area (Å²) in [6, 6.07) is 9.96. The maximum Gasteiger partial charge on any atom is 0.137 e. The summed E-state index contributed by atoms with van der Waals surface area (Å²) in [4.78, 5) is 0. The summed E-state index contributed by atoms with van der Waals surface area (Å²) >= 11 is 9.03. The van der Waals surface area contributed by atoms with Crippen LogP contribution in [0.5, 0.6) is 5.75 Å². The fraction of sp³-hybridized carbons (Fsp3) is 0.200. The number of hydrogen-bond acceptors (Lipinski definition) is 2. The molecule has 0 fully saturated rings. The third-order valence-corrected chi connectivity index (χ3v) is 4.23. The van der Waals surface area contributed by atoms with E-state index in [9.17, 15) is 9.50 Å². The SMILES string of the molecule is O[C@H]1CC(c2ccc(Br)c(F)c2)Oc2ccc(Cl)cc21. The molecule has 5 heteroatoms. The summed E-state index contributed by atoms with van der Waals surface area (Å²) in [6.07, 6.45) is -0.676. The van der Waals surface area contributed by atoms with Gasteiger partial charge in [0.25, 0.3) is 0 Å². The number of benzene rings is 2. The summed E-state index contributed by atoms with van der Waals surface area (Å²) < 4.78 is 19.8. The number of fused-ring (bicyclic) bond motifs is 1. The minimum absolute atomic E-state index is 0.345. The fourth-order valence-electron chi connectivity index (χ4n) is 2.33. The van der Waals surface area contributed by atoms with Gasteiger partial charge in [-0.2, -0.15) is 0 Å². The second kappa shape index (κ2) is 5.35. The van der Waals surface area contributed by atoms with Gasteiger partial charge in [-0.3, -0.25) is 0 Å². The molecule has 1 unspecified atom stereocenters. The monoisotopic (exact) mass is 356 g/mol. The molecule has 0 saturated heterocycles. The van der Waals surface area contributed by atoms with Gasteiger partial charge >= 0.3 is 0 Å². The number of hydrogen-bond donors (Lipinski definition) is 1. The lowest BCUT2D eigenvalue weighted by Gasteiger charge is -2.30. The van der Waals surface area contributed by atoms with Gasteiger partial charge in [0.15, 0.2) is 0 Å². The molecule has 0 aromatic heterocycles. The maximum atomic E-state index is 13.6. The van der Waals surface area contributed by atoms with Crippen LogP contribution in [0.3, 0.4) is 0 Å². The summed E-state index contributed by atoms with van der Waals surface area (Å²) in [5.41, 5.74) is 1.37. The van der Waals surface area contributed by atoms with E-state index in [1.54, 1.807) is 30.3 Å². The standard InChI is InChI=1S/C15H11BrClFO2/c16-11-3-1-8(5-12(11)18)15-7-13(19)10-6-9(17)2-4-14(10)20-15/h1-6,13,15,19H,7H2/t13-,15?/m0/s1. The third kappa shape index (κ3) is 2.55. The van der Waals surface area contributed by atoms with Crippen molar-refractivity contribution >= 4 is 27.5 Å². The van der Waals surface area contributed by atoms with Crippen molar-refractivity contribution in [3.8, 4) is 5.75 Å². The molecule has 1 N–H and O–H groups in total. The summed E-state index contributed by atoms with van der Waals surface area (Å²) in [5.74, 6) is 0.240. The Kier molecular flexibility index (Phi) is 3.71. The molecule has 0 aliphatic carbocycles. The summed E-state index contributed by atoms with van der Waals surface area (Å²) in [7, 11) is 0. The van der Waals surface area contributed by atoms with E-state index < -0.39 is 6.10 Å². The maximum absolute atomic E-state index is 13.6. The van der Waals surface area contributed by atoms with Crippen molar-refractivity contribution in [3.63, 3.8) is 0 Å². The van der Waals surface area contributed by atoms with Gasteiger partial charge in [0.2, 0.25) is 0 Å². The molecule has 1 heterocycles. The van der Waals surface area contributed by atoms with E-state index in [0.29, 0.717) is 32.8 Å². The van der Waals surface area contributed by atoms with E-state index in [0.717, 1.165) is 0 Å². The molecule has 1 aliphatic heterocycles. The van der Waals surface area contributed by atoms with E-state index in [1.165, 1.54) is 6.07 Å². The van der Waals surface area contributed by atoms with Crippen LogP contribution in [0.2, 0.25) is 5.02 Å². The lowest BCUT2D eigenvalue weighted by molar-refractivity contribution is 0.0656. The van der Waals surface area contributed by atoms with Crippen LogP contribution in [-0.4, -0.2) is 5.11 Å².